The minimum atomic E-state index is -0.620. The number of hydrogen-bond acceptors (Lipinski definition) is 12. The average molecular weight is 542 g/mol. The van der Waals surface area contributed by atoms with Gasteiger partial charge in [-0.3, -0.25) is 0 Å². The minimum Gasteiger partial charge on any atom is -0.465 e. The summed E-state index contributed by atoms with van der Waals surface area (Å²) in [5, 5.41) is 4.31. The number of thiazole rings is 4. The number of nitrogens with zero attached hydrogens (tertiary/aromatic N) is 6. The van der Waals surface area contributed by atoms with Crippen molar-refractivity contribution < 1.29 is 36.1 Å². The molecule has 31 heavy (non-hydrogen) atoms. The van der Waals surface area contributed by atoms with E-state index >= 15 is 0 Å². The van der Waals surface area contributed by atoms with Crippen LogP contribution in [0.4, 0.5) is 10.3 Å². The van der Waals surface area contributed by atoms with E-state index in [9.17, 15) is 9.59 Å². The second-order valence-electron chi connectivity index (χ2n) is 5.18. The van der Waals surface area contributed by atoms with Gasteiger partial charge in [-0.1, -0.05) is 6.20 Å². The fourth-order valence-corrected chi connectivity index (χ4v) is 5.04. The van der Waals surface area contributed by atoms with Gasteiger partial charge in [0.25, 0.3) is 0 Å². The Balaban J connectivity index is 0.00000272. The van der Waals surface area contributed by atoms with Crippen LogP contribution in [0.1, 0.15) is 19.3 Å². The third kappa shape index (κ3) is 5.08. The van der Waals surface area contributed by atoms with Crippen molar-refractivity contribution in [2.75, 3.05) is 14.2 Å². The predicted molar refractivity (Wildman–Crippen MR) is 112 cm³/mol. The van der Waals surface area contributed by atoms with E-state index in [1.54, 1.807) is 23.2 Å². The minimum absolute atomic E-state index is 0. The summed E-state index contributed by atoms with van der Waals surface area (Å²) in [4.78, 5) is 51.4. The number of aromatic nitrogens is 4. The van der Waals surface area contributed by atoms with Gasteiger partial charge in [-0.15, -0.1) is 34.0 Å². The summed E-state index contributed by atoms with van der Waals surface area (Å²) in [5.74, 6) is -1.24. The van der Waals surface area contributed by atoms with Gasteiger partial charge < -0.3 is 29.4 Å². The summed E-state index contributed by atoms with van der Waals surface area (Å²) < 4.78 is 9.74. The first kappa shape index (κ1) is 23.2. The van der Waals surface area contributed by atoms with E-state index in [0.717, 1.165) is 22.7 Å². The van der Waals surface area contributed by atoms with E-state index in [4.69, 9.17) is 9.47 Å². The van der Waals surface area contributed by atoms with Crippen molar-refractivity contribution >= 4 is 67.5 Å². The van der Waals surface area contributed by atoms with Crippen LogP contribution in [0, 0.1) is 0 Å². The largest absolute Gasteiger partial charge is 2.00 e. The molecule has 4 heterocycles. The molecule has 4 aromatic heterocycles. The molecule has 0 N–H and O–H groups in total. The van der Waals surface area contributed by atoms with Gasteiger partial charge in [0.2, 0.25) is 0 Å². The van der Waals surface area contributed by atoms with Gasteiger partial charge in [-0.05, 0) is 10.2 Å². The molecule has 10 nitrogen and oxygen atoms in total. The number of carbonyl (C=O) groups excluding carboxylic acids is 2. The van der Waals surface area contributed by atoms with Crippen LogP contribution in [0.2, 0.25) is 0 Å². The maximum atomic E-state index is 12.4. The van der Waals surface area contributed by atoms with E-state index in [2.05, 4.69) is 29.9 Å². The van der Waals surface area contributed by atoms with Gasteiger partial charge in [0, 0.05) is 22.1 Å². The van der Waals surface area contributed by atoms with Crippen LogP contribution in [0.25, 0.3) is 11.4 Å². The Morgan fingerprint density at radius 1 is 0.968 bits per heavy atom. The van der Waals surface area contributed by atoms with Crippen LogP contribution < -0.4 is 19.6 Å². The molecular weight excluding hydrogens is 532 g/mol. The van der Waals surface area contributed by atoms with Crippen LogP contribution in [0.5, 0.6) is 0 Å². The number of carbonyl (C=O) groups is 2. The zero-order valence-corrected chi connectivity index (χ0v) is 19.8. The second kappa shape index (κ2) is 10.3. The Hall–Kier alpha value is -2.42. The number of esters is 2. The van der Waals surface area contributed by atoms with Crippen LogP contribution in [0.15, 0.2) is 33.1 Å². The van der Waals surface area contributed by atoms with E-state index < -0.39 is 11.9 Å². The Labute approximate surface area is 200 Å². The smallest absolute Gasteiger partial charge is 0.465 e. The van der Waals surface area contributed by atoms with E-state index in [1.807, 2.05) is 0 Å². The predicted octanol–water partition coefficient (Wildman–Crippen LogP) is 2.34. The molecule has 4 rings (SSSR count). The molecule has 0 saturated carbocycles. The average Bonchev–Trinajstić information content (AvgIpc) is 3.54. The molecule has 0 unspecified atom stereocenters. The molecule has 0 aliphatic rings. The van der Waals surface area contributed by atoms with Gasteiger partial charge in [0.05, 0.1) is 19.9 Å². The topological polar surface area (TPSA) is 131 Å². The summed E-state index contributed by atoms with van der Waals surface area (Å²) in [7, 11) is 2.52. The van der Waals surface area contributed by atoms with E-state index in [1.165, 1.54) is 36.9 Å². The fraction of sp³-hybridized carbons (Fsp3) is 0.125. The molecule has 0 aliphatic heterocycles. The molecule has 0 atom stereocenters. The Kier molecular flexibility index (Phi) is 7.69. The zero-order chi connectivity index (χ0) is 21.1. The summed E-state index contributed by atoms with van der Waals surface area (Å²) in [6.45, 7) is 0. The van der Waals surface area contributed by atoms with Gasteiger partial charge in [-0.25, -0.2) is 19.6 Å². The van der Waals surface area contributed by atoms with E-state index in [0.29, 0.717) is 9.93 Å². The normalized spacial score (nSPS) is 11.9. The SMILES string of the molecule is COC(=O)c1sc(/N=c2\[n-]ccs2)nc1-c1[n-]/c(=N\c2nccs2)sc1C(=O)OC.[Cu+2]. The number of ether oxygens (including phenoxy) is 2. The van der Waals surface area contributed by atoms with Gasteiger partial charge in [0.15, 0.2) is 0 Å². The van der Waals surface area contributed by atoms with Crippen molar-refractivity contribution in [1.82, 2.24) is 19.9 Å². The standard InChI is InChI=1S/C16H12N6O4S4.Cu/c1-25-11(23)9-7(19-15(29-9)21-13-17-3-5-27-13)8-10(12(24)26-2)30-16(20-8)22-14-18-4-6-28-14;/h3-6H,1-2H3,(H2,17,18,19,20,21,22,23,24);/q;+2/p-2. The van der Waals surface area contributed by atoms with Crippen LogP contribution >= 0.6 is 45.3 Å². The van der Waals surface area contributed by atoms with Crippen molar-refractivity contribution in [3.63, 3.8) is 0 Å². The molecule has 0 amide bonds. The second-order valence-corrected chi connectivity index (χ2v) is 8.89. The number of methoxy groups -OCH3 is 2. The summed E-state index contributed by atoms with van der Waals surface area (Å²) in [6.07, 6.45) is 3.23. The first-order chi connectivity index (χ1) is 14.6. The molecular formula is C16H10CuN6O4S4. The summed E-state index contributed by atoms with van der Waals surface area (Å²) >= 11 is 4.68. The molecule has 163 valence electrons. The maximum Gasteiger partial charge on any atom is 2.00 e. The number of hydrogen-bond donors (Lipinski definition) is 0. The van der Waals surface area contributed by atoms with Crippen LogP contribution in [-0.4, -0.2) is 36.1 Å². The van der Waals surface area contributed by atoms with Gasteiger partial charge in [-0.2, -0.15) is 11.3 Å². The molecule has 1 radical (unpaired) electrons. The summed E-state index contributed by atoms with van der Waals surface area (Å²) in [5.41, 5.74) is 0.332. The third-order valence-electron chi connectivity index (χ3n) is 3.42. The summed E-state index contributed by atoms with van der Waals surface area (Å²) in [6, 6.07) is 0. The van der Waals surface area contributed by atoms with Crippen molar-refractivity contribution in [1.29, 1.82) is 0 Å². The molecule has 0 aliphatic carbocycles. The Morgan fingerprint density at radius 3 is 2.35 bits per heavy atom. The maximum absolute atomic E-state index is 12.4. The van der Waals surface area contributed by atoms with Crippen molar-refractivity contribution in [3.05, 3.63) is 42.5 Å². The van der Waals surface area contributed by atoms with Gasteiger partial charge in [0.1, 0.15) is 20.0 Å². The van der Waals surface area contributed by atoms with E-state index in [-0.39, 0.29) is 48.1 Å². The molecule has 0 saturated heterocycles. The molecule has 0 spiro atoms. The first-order valence-corrected chi connectivity index (χ1v) is 11.4. The molecule has 4 aromatic rings. The number of rotatable bonds is 5. The van der Waals surface area contributed by atoms with Gasteiger partial charge >= 0.3 is 29.0 Å². The third-order valence-corrected chi connectivity index (χ3v) is 6.61. The molecule has 15 heteroatoms. The van der Waals surface area contributed by atoms with Crippen molar-refractivity contribution in [2.24, 2.45) is 9.98 Å². The van der Waals surface area contributed by atoms with Crippen molar-refractivity contribution in [2.45, 2.75) is 0 Å². The Bertz CT molecular complexity index is 1310. The monoisotopic (exact) mass is 541 g/mol. The fourth-order valence-electron chi connectivity index (χ4n) is 2.20. The van der Waals surface area contributed by atoms with Crippen LogP contribution in [0.3, 0.4) is 0 Å². The molecule has 0 bridgehead atoms. The van der Waals surface area contributed by atoms with Crippen LogP contribution in [-0.2, 0) is 26.5 Å². The van der Waals surface area contributed by atoms with Crippen molar-refractivity contribution in [3.8, 4) is 11.4 Å². The zero-order valence-electron chi connectivity index (χ0n) is 15.6. The molecule has 0 aromatic carbocycles. The first-order valence-electron chi connectivity index (χ1n) is 8.00. The quantitative estimate of drug-likeness (QED) is 0.278. The molecule has 0 fully saturated rings. The Morgan fingerprint density at radius 2 is 1.71 bits per heavy atom.